The standard InChI is InChI=1S/C7H11NO4S/c1-2-7(6(11)12)8-4(3-13-7)5(9)10/h4,8H,2-3H2,1H3,(H,9,10)(H,11,12)/t4-,7?/m0/s1. The van der Waals surface area contributed by atoms with E-state index in [-0.39, 0.29) is 0 Å². The van der Waals surface area contributed by atoms with E-state index in [2.05, 4.69) is 5.32 Å². The van der Waals surface area contributed by atoms with Crippen molar-refractivity contribution in [1.29, 1.82) is 0 Å². The summed E-state index contributed by atoms with van der Waals surface area (Å²) in [5.74, 6) is -1.69. The van der Waals surface area contributed by atoms with Crippen LogP contribution in [-0.4, -0.2) is 38.8 Å². The van der Waals surface area contributed by atoms with Gasteiger partial charge >= 0.3 is 11.9 Å². The number of carboxylic acids is 2. The Morgan fingerprint density at radius 3 is 2.46 bits per heavy atom. The van der Waals surface area contributed by atoms with Gasteiger partial charge in [0.1, 0.15) is 6.04 Å². The molecule has 0 aliphatic carbocycles. The lowest BCUT2D eigenvalue weighted by Gasteiger charge is -2.21. The summed E-state index contributed by atoms with van der Waals surface area (Å²) in [6, 6.07) is -0.749. The smallest absolute Gasteiger partial charge is 0.334 e. The van der Waals surface area contributed by atoms with E-state index in [1.165, 1.54) is 0 Å². The van der Waals surface area contributed by atoms with Crippen molar-refractivity contribution in [2.75, 3.05) is 5.75 Å². The molecule has 1 heterocycles. The topological polar surface area (TPSA) is 86.6 Å². The molecular weight excluding hydrogens is 194 g/mol. The third-order valence-electron chi connectivity index (χ3n) is 2.05. The highest BCUT2D eigenvalue weighted by molar-refractivity contribution is 8.01. The quantitative estimate of drug-likeness (QED) is 0.599. The van der Waals surface area contributed by atoms with Crippen molar-refractivity contribution in [3.63, 3.8) is 0 Å². The fourth-order valence-electron chi connectivity index (χ4n) is 1.20. The number of thioether (sulfide) groups is 1. The maximum atomic E-state index is 10.8. The van der Waals surface area contributed by atoms with Gasteiger partial charge in [0.05, 0.1) is 0 Å². The molecule has 1 aliphatic heterocycles. The van der Waals surface area contributed by atoms with Crippen molar-refractivity contribution < 1.29 is 19.8 Å². The molecule has 74 valence electrons. The number of hydrogen-bond donors (Lipinski definition) is 3. The lowest BCUT2D eigenvalue weighted by Crippen LogP contribution is -2.49. The van der Waals surface area contributed by atoms with Crippen LogP contribution in [0.5, 0.6) is 0 Å². The van der Waals surface area contributed by atoms with Crippen LogP contribution in [0.2, 0.25) is 0 Å². The normalized spacial score (nSPS) is 33.2. The highest BCUT2D eigenvalue weighted by atomic mass is 32.2. The molecule has 0 amide bonds. The van der Waals surface area contributed by atoms with Crippen LogP contribution in [0.15, 0.2) is 0 Å². The van der Waals surface area contributed by atoms with Crippen LogP contribution in [0.25, 0.3) is 0 Å². The predicted molar refractivity (Wildman–Crippen MR) is 47.7 cm³/mol. The van der Waals surface area contributed by atoms with Gasteiger partial charge in [0.15, 0.2) is 4.87 Å². The molecule has 0 aromatic heterocycles. The molecular formula is C7H11NO4S. The zero-order valence-electron chi connectivity index (χ0n) is 7.11. The van der Waals surface area contributed by atoms with Gasteiger partial charge in [-0.2, -0.15) is 0 Å². The van der Waals surface area contributed by atoms with Crippen LogP contribution in [0, 0.1) is 0 Å². The third kappa shape index (κ3) is 1.78. The Bertz CT molecular complexity index is 245. The van der Waals surface area contributed by atoms with Gasteiger partial charge < -0.3 is 10.2 Å². The van der Waals surface area contributed by atoms with E-state index in [1.54, 1.807) is 6.92 Å². The lowest BCUT2D eigenvalue weighted by atomic mass is 10.2. The summed E-state index contributed by atoms with van der Waals surface area (Å²) in [5.41, 5.74) is 0. The summed E-state index contributed by atoms with van der Waals surface area (Å²) in [6.45, 7) is 1.72. The van der Waals surface area contributed by atoms with Gasteiger partial charge in [-0.05, 0) is 6.42 Å². The number of carbonyl (C=O) groups is 2. The van der Waals surface area contributed by atoms with Gasteiger partial charge in [-0.3, -0.25) is 10.1 Å². The molecule has 0 radical (unpaired) electrons. The van der Waals surface area contributed by atoms with E-state index in [9.17, 15) is 9.59 Å². The number of carboxylic acid groups (broad SMARTS) is 2. The van der Waals surface area contributed by atoms with Gasteiger partial charge in [0.2, 0.25) is 0 Å². The second-order valence-corrected chi connectivity index (χ2v) is 4.15. The molecule has 1 aliphatic rings. The van der Waals surface area contributed by atoms with Crippen LogP contribution in [-0.2, 0) is 9.59 Å². The van der Waals surface area contributed by atoms with Crippen LogP contribution in [0.1, 0.15) is 13.3 Å². The highest BCUT2D eigenvalue weighted by Crippen LogP contribution is 2.33. The summed E-state index contributed by atoms with van der Waals surface area (Å²) >= 11 is 1.14. The molecule has 0 aromatic rings. The predicted octanol–water partition coefficient (Wildman–Crippen LogP) is -0.0331. The number of aliphatic carboxylic acids is 2. The highest BCUT2D eigenvalue weighted by Gasteiger charge is 2.46. The molecule has 5 nitrogen and oxygen atoms in total. The van der Waals surface area contributed by atoms with Gasteiger partial charge in [-0.25, -0.2) is 4.79 Å². The molecule has 6 heteroatoms. The van der Waals surface area contributed by atoms with Gasteiger partial charge in [0, 0.05) is 5.75 Å². The number of nitrogens with one attached hydrogen (secondary N) is 1. The summed E-state index contributed by atoms with van der Waals surface area (Å²) in [4.78, 5) is 20.3. The zero-order valence-corrected chi connectivity index (χ0v) is 7.93. The minimum absolute atomic E-state index is 0.301. The van der Waals surface area contributed by atoms with E-state index in [1.807, 2.05) is 0 Å². The Kier molecular flexibility index (Phi) is 2.82. The second kappa shape index (κ2) is 3.55. The average Bonchev–Trinajstić information content (AvgIpc) is 2.49. The van der Waals surface area contributed by atoms with Crippen molar-refractivity contribution >= 4 is 23.7 Å². The van der Waals surface area contributed by atoms with Crippen molar-refractivity contribution in [2.45, 2.75) is 24.3 Å². The van der Waals surface area contributed by atoms with E-state index >= 15 is 0 Å². The molecule has 1 rings (SSSR count). The minimum Gasteiger partial charge on any atom is -0.480 e. The number of rotatable bonds is 3. The van der Waals surface area contributed by atoms with Crippen LogP contribution in [0.4, 0.5) is 0 Å². The first kappa shape index (κ1) is 10.3. The first-order chi connectivity index (χ1) is 6.02. The Balaban J connectivity index is 2.74. The van der Waals surface area contributed by atoms with Crippen LogP contribution < -0.4 is 5.32 Å². The van der Waals surface area contributed by atoms with E-state index < -0.39 is 22.9 Å². The second-order valence-electron chi connectivity index (χ2n) is 2.83. The third-order valence-corrected chi connectivity index (χ3v) is 3.62. The minimum atomic E-state index is -1.11. The molecule has 1 saturated heterocycles. The van der Waals surface area contributed by atoms with Gasteiger partial charge in [0.25, 0.3) is 0 Å². The first-order valence-electron chi connectivity index (χ1n) is 3.89. The number of hydrogen-bond acceptors (Lipinski definition) is 4. The van der Waals surface area contributed by atoms with E-state index in [0.717, 1.165) is 11.8 Å². The molecule has 13 heavy (non-hydrogen) atoms. The molecule has 3 N–H and O–H groups in total. The molecule has 0 spiro atoms. The Morgan fingerprint density at radius 2 is 2.23 bits per heavy atom. The maximum Gasteiger partial charge on any atom is 0.334 e. The van der Waals surface area contributed by atoms with Crippen molar-refractivity contribution in [1.82, 2.24) is 5.32 Å². The van der Waals surface area contributed by atoms with Gasteiger partial charge in [-0.1, -0.05) is 6.92 Å². The summed E-state index contributed by atoms with van der Waals surface area (Å²) in [7, 11) is 0. The molecule has 2 atom stereocenters. The van der Waals surface area contributed by atoms with Crippen molar-refractivity contribution in [2.24, 2.45) is 0 Å². The molecule has 0 bridgehead atoms. The first-order valence-corrected chi connectivity index (χ1v) is 4.88. The van der Waals surface area contributed by atoms with Crippen LogP contribution >= 0.6 is 11.8 Å². The maximum absolute atomic E-state index is 10.8. The van der Waals surface area contributed by atoms with E-state index in [0.29, 0.717) is 12.2 Å². The average molecular weight is 205 g/mol. The lowest BCUT2D eigenvalue weighted by molar-refractivity contribution is -0.142. The summed E-state index contributed by atoms with van der Waals surface area (Å²) in [5, 5.41) is 20.2. The zero-order chi connectivity index (χ0) is 10.1. The fraction of sp³-hybridized carbons (Fsp3) is 0.714. The molecule has 0 aromatic carbocycles. The van der Waals surface area contributed by atoms with Gasteiger partial charge in [-0.15, -0.1) is 11.8 Å². The van der Waals surface area contributed by atoms with Crippen molar-refractivity contribution in [3.05, 3.63) is 0 Å². The Hall–Kier alpha value is -0.750. The monoisotopic (exact) mass is 205 g/mol. The summed E-state index contributed by atoms with van der Waals surface area (Å²) in [6.07, 6.45) is 0.372. The molecule has 0 saturated carbocycles. The SMILES string of the molecule is CCC1(C(=O)O)N[C@H](C(=O)O)CS1. The fourth-order valence-corrected chi connectivity index (χ4v) is 2.43. The Labute approximate surface area is 79.5 Å². The van der Waals surface area contributed by atoms with E-state index in [4.69, 9.17) is 10.2 Å². The Morgan fingerprint density at radius 1 is 1.62 bits per heavy atom. The largest absolute Gasteiger partial charge is 0.480 e. The molecule has 1 fully saturated rings. The van der Waals surface area contributed by atoms with Crippen LogP contribution in [0.3, 0.4) is 0 Å². The van der Waals surface area contributed by atoms with Crippen molar-refractivity contribution in [3.8, 4) is 0 Å². The molecule has 1 unspecified atom stereocenters. The summed E-state index contributed by atoms with van der Waals surface area (Å²) < 4.78 is 0.